The van der Waals surface area contributed by atoms with E-state index in [-0.39, 0.29) is 11.3 Å². The van der Waals surface area contributed by atoms with Gasteiger partial charge in [-0.25, -0.2) is 4.79 Å². The van der Waals surface area contributed by atoms with Crippen LogP contribution in [-0.2, 0) is 4.74 Å². The molecule has 1 rings (SSSR count). The lowest BCUT2D eigenvalue weighted by Crippen LogP contribution is -2.19. The minimum absolute atomic E-state index is 0.0647. The Balaban J connectivity index is 2.97. The normalized spacial score (nSPS) is 10.9. The maximum Gasteiger partial charge on any atom is 0.422 e. The molecule has 0 amide bonds. The highest BCUT2D eigenvalue weighted by Gasteiger charge is 2.28. The number of ether oxygens (including phenoxy) is 2. The maximum absolute atomic E-state index is 12.0. The number of hydrogen-bond acceptors (Lipinski definition) is 3. The first-order valence-corrected chi connectivity index (χ1v) is 4.91. The van der Waals surface area contributed by atoms with Gasteiger partial charge < -0.3 is 9.47 Å². The van der Waals surface area contributed by atoms with Gasteiger partial charge in [0.05, 0.1) is 12.7 Å². The van der Waals surface area contributed by atoms with E-state index in [0.29, 0.717) is 5.56 Å². The van der Waals surface area contributed by atoms with E-state index in [1.54, 1.807) is 0 Å². The summed E-state index contributed by atoms with van der Waals surface area (Å²) in [4.78, 5) is 11.3. The monoisotopic (exact) mass is 260 g/mol. The zero-order valence-electron chi connectivity index (χ0n) is 9.58. The van der Waals surface area contributed by atoms with Gasteiger partial charge in [-0.15, -0.1) is 0 Å². The van der Waals surface area contributed by atoms with Crippen molar-refractivity contribution in [2.75, 3.05) is 13.7 Å². The molecular weight excluding hydrogens is 249 g/mol. The fourth-order valence-electron chi connectivity index (χ4n) is 1.22. The number of alkyl halides is 3. The number of carbonyl (C=O) groups excluding carboxylic acids is 1. The molecule has 6 heteroatoms. The van der Waals surface area contributed by atoms with Crippen molar-refractivity contribution in [3.63, 3.8) is 0 Å². The molecule has 98 valence electrons. The zero-order chi connectivity index (χ0) is 13.8. The number of esters is 1. The van der Waals surface area contributed by atoms with Gasteiger partial charge >= 0.3 is 12.1 Å². The molecule has 0 saturated heterocycles. The Morgan fingerprint density at radius 3 is 2.56 bits per heavy atom. The van der Waals surface area contributed by atoms with Crippen LogP contribution >= 0.6 is 0 Å². The molecule has 0 spiro atoms. The first-order valence-electron chi connectivity index (χ1n) is 4.91. The van der Waals surface area contributed by atoms with Crippen LogP contribution in [0.4, 0.5) is 13.2 Å². The summed E-state index contributed by atoms with van der Waals surface area (Å²) in [6.07, 6.45) is -3.04. The van der Waals surface area contributed by atoms with Crippen molar-refractivity contribution in [2.24, 2.45) is 0 Å². The molecule has 0 bridgehead atoms. The molecule has 1 aromatic rings. The van der Waals surface area contributed by atoms with Crippen LogP contribution in [0, 0.1) is 0 Å². The molecule has 0 fully saturated rings. The standard InChI is InChI=1S/C12H11F3O3/c1-3-8-4-9(11(16)17-2)6-10(5-8)18-7-12(13,14)15/h3-6H,1,7H2,2H3. The van der Waals surface area contributed by atoms with Gasteiger partial charge in [-0.1, -0.05) is 12.7 Å². The van der Waals surface area contributed by atoms with Crippen LogP contribution in [0.25, 0.3) is 6.08 Å². The number of carbonyl (C=O) groups is 1. The van der Waals surface area contributed by atoms with E-state index in [4.69, 9.17) is 0 Å². The summed E-state index contributed by atoms with van der Waals surface area (Å²) in [5.74, 6) is -0.722. The van der Waals surface area contributed by atoms with E-state index in [1.807, 2.05) is 0 Å². The van der Waals surface area contributed by atoms with Crippen molar-refractivity contribution in [2.45, 2.75) is 6.18 Å². The number of hydrogen-bond donors (Lipinski definition) is 0. The molecule has 1 aromatic carbocycles. The highest BCUT2D eigenvalue weighted by molar-refractivity contribution is 5.90. The molecule has 18 heavy (non-hydrogen) atoms. The summed E-state index contributed by atoms with van der Waals surface area (Å²) < 4.78 is 45.1. The lowest BCUT2D eigenvalue weighted by molar-refractivity contribution is -0.153. The average molecular weight is 260 g/mol. The molecule has 0 N–H and O–H groups in total. The predicted octanol–water partition coefficient (Wildman–Crippen LogP) is 3.06. The van der Waals surface area contributed by atoms with E-state index in [9.17, 15) is 18.0 Å². The van der Waals surface area contributed by atoms with Crippen LogP contribution in [0.5, 0.6) is 5.75 Å². The smallest absolute Gasteiger partial charge is 0.422 e. The quantitative estimate of drug-likeness (QED) is 0.780. The van der Waals surface area contributed by atoms with Crippen LogP contribution < -0.4 is 4.74 Å². The topological polar surface area (TPSA) is 35.5 Å². The van der Waals surface area contributed by atoms with Gasteiger partial charge in [-0.3, -0.25) is 0 Å². The SMILES string of the molecule is C=Cc1cc(OCC(F)(F)F)cc(C(=O)OC)c1. The van der Waals surface area contributed by atoms with Gasteiger partial charge in [0, 0.05) is 0 Å². The molecule has 0 aliphatic heterocycles. The van der Waals surface area contributed by atoms with Crippen molar-refractivity contribution >= 4 is 12.0 Å². The molecule has 0 aromatic heterocycles. The van der Waals surface area contributed by atoms with Crippen LogP contribution in [0.1, 0.15) is 15.9 Å². The van der Waals surface area contributed by atoms with Crippen molar-refractivity contribution in [1.29, 1.82) is 0 Å². The Morgan fingerprint density at radius 2 is 2.06 bits per heavy atom. The number of rotatable bonds is 4. The number of methoxy groups -OCH3 is 1. The second-order valence-electron chi connectivity index (χ2n) is 3.39. The van der Waals surface area contributed by atoms with E-state index < -0.39 is 18.8 Å². The van der Waals surface area contributed by atoms with Gasteiger partial charge in [0.2, 0.25) is 0 Å². The van der Waals surface area contributed by atoms with Gasteiger partial charge in [-0.05, 0) is 23.8 Å². The highest BCUT2D eigenvalue weighted by atomic mass is 19.4. The summed E-state index contributed by atoms with van der Waals surface area (Å²) in [7, 11) is 1.18. The second-order valence-corrected chi connectivity index (χ2v) is 3.39. The fourth-order valence-corrected chi connectivity index (χ4v) is 1.22. The fraction of sp³-hybridized carbons (Fsp3) is 0.250. The molecule has 0 atom stereocenters. The lowest BCUT2D eigenvalue weighted by atomic mass is 10.1. The summed E-state index contributed by atoms with van der Waals surface area (Å²) in [6, 6.07) is 3.98. The summed E-state index contributed by atoms with van der Waals surface area (Å²) in [5, 5.41) is 0. The Kier molecular flexibility index (Phi) is 4.36. The summed E-state index contributed by atoms with van der Waals surface area (Å²) in [5.41, 5.74) is 0.571. The van der Waals surface area contributed by atoms with Gasteiger partial charge in [0.25, 0.3) is 0 Å². The molecule has 0 aliphatic carbocycles. The number of halogens is 3. The number of benzene rings is 1. The predicted molar refractivity (Wildman–Crippen MR) is 59.4 cm³/mol. The van der Waals surface area contributed by atoms with Gasteiger partial charge in [-0.2, -0.15) is 13.2 Å². The zero-order valence-corrected chi connectivity index (χ0v) is 9.58. The van der Waals surface area contributed by atoms with Crippen LogP contribution in [0.15, 0.2) is 24.8 Å². The van der Waals surface area contributed by atoms with E-state index in [1.165, 1.54) is 31.4 Å². The maximum atomic E-state index is 12.0. The van der Waals surface area contributed by atoms with Crippen LogP contribution in [-0.4, -0.2) is 25.9 Å². The third-order valence-electron chi connectivity index (χ3n) is 1.99. The molecule has 0 saturated carbocycles. The van der Waals surface area contributed by atoms with Crippen molar-refractivity contribution in [3.8, 4) is 5.75 Å². The van der Waals surface area contributed by atoms with Crippen LogP contribution in [0.2, 0.25) is 0 Å². The summed E-state index contributed by atoms with van der Waals surface area (Å²) >= 11 is 0. The van der Waals surface area contributed by atoms with Gasteiger partial charge in [0.15, 0.2) is 6.61 Å². The highest BCUT2D eigenvalue weighted by Crippen LogP contribution is 2.22. The Bertz CT molecular complexity index is 452. The molecule has 0 heterocycles. The van der Waals surface area contributed by atoms with Crippen LogP contribution in [0.3, 0.4) is 0 Å². The Morgan fingerprint density at radius 1 is 1.39 bits per heavy atom. The first kappa shape index (κ1) is 14.1. The lowest BCUT2D eigenvalue weighted by Gasteiger charge is -2.11. The molecule has 3 nitrogen and oxygen atoms in total. The Labute approximate surface area is 102 Å². The van der Waals surface area contributed by atoms with Crippen molar-refractivity contribution in [1.82, 2.24) is 0 Å². The minimum atomic E-state index is -4.43. The average Bonchev–Trinajstić information content (AvgIpc) is 2.34. The van der Waals surface area contributed by atoms with E-state index >= 15 is 0 Å². The third-order valence-corrected chi connectivity index (χ3v) is 1.99. The largest absolute Gasteiger partial charge is 0.484 e. The van der Waals surface area contributed by atoms with Crippen molar-refractivity contribution < 1.29 is 27.4 Å². The third kappa shape index (κ3) is 4.12. The summed E-state index contributed by atoms with van der Waals surface area (Å²) in [6.45, 7) is 2.05. The van der Waals surface area contributed by atoms with E-state index in [2.05, 4.69) is 16.1 Å². The molecule has 0 unspecified atom stereocenters. The van der Waals surface area contributed by atoms with Crippen molar-refractivity contribution in [3.05, 3.63) is 35.9 Å². The second kappa shape index (κ2) is 5.57. The van der Waals surface area contributed by atoms with Gasteiger partial charge in [0.1, 0.15) is 5.75 Å². The molecule has 0 aliphatic rings. The molecular formula is C12H11F3O3. The molecule has 0 radical (unpaired) electrons. The Hall–Kier alpha value is -1.98. The first-order chi connectivity index (χ1) is 8.35. The van der Waals surface area contributed by atoms with E-state index in [0.717, 1.165) is 0 Å². The minimum Gasteiger partial charge on any atom is -0.484 e.